The number of nitrogens with zero attached hydrogens (tertiary/aromatic N) is 4. The molecule has 5 rings (SSSR count). The van der Waals surface area contributed by atoms with Gasteiger partial charge in [-0.1, -0.05) is 56.3 Å². The van der Waals surface area contributed by atoms with E-state index in [0.29, 0.717) is 40.7 Å². The van der Waals surface area contributed by atoms with E-state index in [1.54, 1.807) is 0 Å². The Morgan fingerprint density at radius 1 is 0.714 bits per heavy atom. The Balaban J connectivity index is 1.53. The second-order valence-corrected chi connectivity index (χ2v) is 11.5. The molecular formula is C33H36N4O5. The molecule has 218 valence electrons. The highest BCUT2D eigenvalue weighted by atomic mass is 16.6. The zero-order valence-corrected chi connectivity index (χ0v) is 24.8. The fourth-order valence-corrected chi connectivity index (χ4v) is 4.54. The van der Waals surface area contributed by atoms with Crippen molar-refractivity contribution in [2.45, 2.75) is 72.2 Å². The predicted molar refractivity (Wildman–Crippen MR) is 162 cm³/mol. The number of imidazole rings is 2. The van der Waals surface area contributed by atoms with Gasteiger partial charge in [-0.05, 0) is 75.9 Å². The lowest BCUT2D eigenvalue weighted by atomic mass is 10.0. The van der Waals surface area contributed by atoms with E-state index >= 15 is 0 Å². The predicted octanol–water partition coefficient (Wildman–Crippen LogP) is 7.56. The highest BCUT2D eigenvalue weighted by Gasteiger charge is 2.27. The molecule has 9 nitrogen and oxygen atoms in total. The van der Waals surface area contributed by atoms with Crippen molar-refractivity contribution in [3.05, 3.63) is 72.6 Å². The molecule has 0 aliphatic rings. The molecular weight excluding hydrogens is 532 g/mol. The number of para-hydroxylation sites is 2. The first-order valence-electron chi connectivity index (χ1n) is 14.1. The van der Waals surface area contributed by atoms with Crippen LogP contribution in [-0.2, 0) is 16.1 Å². The van der Waals surface area contributed by atoms with E-state index < -0.39 is 30.0 Å². The van der Waals surface area contributed by atoms with Gasteiger partial charge < -0.3 is 14.6 Å². The van der Waals surface area contributed by atoms with Gasteiger partial charge in [0.1, 0.15) is 23.6 Å². The van der Waals surface area contributed by atoms with E-state index in [0.717, 1.165) is 16.7 Å². The monoisotopic (exact) mass is 568 g/mol. The molecule has 0 radical (unpaired) electrons. The van der Waals surface area contributed by atoms with Gasteiger partial charge in [0.2, 0.25) is 0 Å². The molecule has 0 atom stereocenters. The van der Waals surface area contributed by atoms with Gasteiger partial charge in [0, 0.05) is 5.56 Å². The Kier molecular flexibility index (Phi) is 7.64. The quantitative estimate of drug-likeness (QED) is 0.216. The Labute approximate surface area is 244 Å². The molecule has 3 aromatic carbocycles. The smallest absolute Gasteiger partial charge is 0.420 e. The van der Waals surface area contributed by atoms with Gasteiger partial charge in [0.05, 0.1) is 22.1 Å². The lowest BCUT2D eigenvalue weighted by Crippen LogP contribution is -2.30. The lowest BCUT2D eigenvalue weighted by molar-refractivity contribution is 0.0362. The van der Waals surface area contributed by atoms with Crippen molar-refractivity contribution >= 4 is 34.3 Å². The second-order valence-electron chi connectivity index (χ2n) is 11.5. The van der Waals surface area contributed by atoms with Crippen LogP contribution in [0, 0.1) is 0 Å². The van der Waals surface area contributed by atoms with Crippen LogP contribution in [0.3, 0.4) is 0 Å². The Morgan fingerprint density at radius 2 is 1.26 bits per heavy atom. The number of aromatic nitrogens is 4. The van der Waals surface area contributed by atoms with Gasteiger partial charge in [-0.2, -0.15) is 0 Å². The van der Waals surface area contributed by atoms with Crippen LogP contribution in [0.4, 0.5) is 9.59 Å². The van der Waals surface area contributed by atoms with Crippen LogP contribution < -0.4 is 0 Å². The van der Waals surface area contributed by atoms with Gasteiger partial charge in [0.25, 0.3) is 0 Å². The summed E-state index contributed by atoms with van der Waals surface area (Å²) in [6, 6.07) is 20.8. The summed E-state index contributed by atoms with van der Waals surface area (Å²) in [7, 11) is 0. The molecule has 0 bridgehead atoms. The molecule has 0 unspecified atom stereocenters. The molecule has 2 aromatic heterocycles. The van der Waals surface area contributed by atoms with Crippen molar-refractivity contribution in [2.75, 3.05) is 0 Å². The van der Waals surface area contributed by atoms with Crippen LogP contribution in [0.25, 0.3) is 44.6 Å². The van der Waals surface area contributed by atoms with Gasteiger partial charge in [-0.25, -0.2) is 28.7 Å². The third-order valence-corrected chi connectivity index (χ3v) is 7.70. The molecule has 0 aliphatic carbocycles. The number of benzene rings is 3. The van der Waals surface area contributed by atoms with E-state index in [4.69, 9.17) is 14.5 Å². The maximum absolute atomic E-state index is 13.4. The number of fused-ring (bicyclic) bond motifs is 2. The van der Waals surface area contributed by atoms with Gasteiger partial charge in [0.15, 0.2) is 5.82 Å². The average Bonchev–Trinajstić information content (AvgIpc) is 3.55. The topological polar surface area (TPSA) is 108 Å². The second kappa shape index (κ2) is 11.1. The summed E-state index contributed by atoms with van der Waals surface area (Å²) in [4.78, 5) is 35.7. The average molecular weight is 569 g/mol. The maximum atomic E-state index is 13.4. The van der Waals surface area contributed by atoms with Crippen molar-refractivity contribution in [3.8, 4) is 22.5 Å². The standard InChI is InChI=1S/C33H36N4O5/c1-7-32(3,4)41-30(39)36-27-19-23(17-18-25(27)34-28(36)20-38)21-13-15-22(16-14-21)29-35-24-11-9-10-12-26(24)37(29)31(40)42-33(5,6)8-2/h9-19,38H,7-8,20H2,1-6H3. The number of carbonyl (C=O) groups is 2. The lowest BCUT2D eigenvalue weighted by Gasteiger charge is -2.24. The van der Waals surface area contributed by atoms with Crippen LogP contribution in [0.1, 0.15) is 60.2 Å². The van der Waals surface area contributed by atoms with Crippen LogP contribution in [-0.4, -0.2) is 47.6 Å². The normalized spacial score (nSPS) is 12.2. The Morgan fingerprint density at radius 3 is 1.88 bits per heavy atom. The number of carbonyl (C=O) groups excluding carboxylic acids is 2. The largest absolute Gasteiger partial charge is 0.443 e. The van der Waals surface area contributed by atoms with E-state index in [2.05, 4.69) is 4.98 Å². The number of rotatable bonds is 7. The SMILES string of the molecule is CCC(C)(C)OC(=O)n1c(CO)nc2ccc(-c3ccc(-c4nc5ccccc5n4C(=O)OC(C)(C)CC)cc3)cc21. The summed E-state index contributed by atoms with van der Waals surface area (Å²) >= 11 is 0. The third kappa shape index (κ3) is 5.52. The number of aliphatic hydroxyl groups excluding tert-OH is 1. The van der Waals surface area contributed by atoms with Gasteiger partial charge in [-0.3, -0.25) is 0 Å². The molecule has 0 saturated carbocycles. The zero-order chi connectivity index (χ0) is 30.2. The highest BCUT2D eigenvalue weighted by molar-refractivity contribution is 5.93. The summed E-state index contributed by atoms with van der Waals surface area (Å²) < 4.78 is 14.4. The molecule has 9 heteroatoms. The van der Waals surface area contributed by atoms with Crippen LogP contribution in [0.2, 0.25) is 0 Å². The maximum Gasteiger partial charge on any atom is 0.420 e. The number of hydrogen-bond acceptors (Lipinski definition) is 7. The number of ether oxygens (including phenoxy) is 2. The first-order chi connectivity index (χ1) is 20.0. The van der Waals surface area contributed by atoms with E-state index in [-0.39, 0.29) is 5.82 Å². The van der Waals surface area contributed by atoms with Crippen molar-refractivity contribution in [1.82, 2.24) is 19.1 Å². The van der Waals surface area contributed by atoms with Crippen LogP contribution in [0.15, 0.2) is 66.7 Å². The highest BCUT2D eigenvalue weighted by Crippen LogP contribution is 2.31. The molecule has 0 spiro atoms. The van der Waals surface area contributed by atoms with Gasteiger partial charge >= 0.3 is 12.2 Å². The molecule has 5 aromatic rings. The molecule has 42 heavy (non-hydrogen) atoms. The van der Waals surface area contributed by atoms with E-state index in [1.807, 2.05) is 108 Å². The summed E-state index contributed by atoms with van der Waals surface area (Å²) in [5, 5.41) is 9.91. The van der Waals surface area contributed by atoms with Crippen LogP contribution in [0.5, 0.6) is 0 Å². The molecule has 2 heterocycles. The molecule has 0 amide bonds. The fraction of sp³-hybridized carbons (Fsp3) is 0.333. The van der Waals surface area contributed by atoms with Crippen molar-refractivity contribution in [1.29, 1.82) is 0 Å². The Bertz CT molecular complexity index is 1780. The first kappa shape index (κ1) is 29.0. The minimum absolute atomic E-state index is 0.214. The molecule has 1 N–H and O–H groups in total. The first-order valence-corrected chi connectivity index (χ1v) is 14.1. The molecule has 0 fully saturated rings. The van der Waals surface area contributed by atoms with Crippen LogP contribution >= 0.6 is 0 Å². The fourth-order valence-electron chi connectivity index (χ4n) is 4.54. The van der Waals surface area contributed by atoms with E-state index in [9.17, 15) is 14.7 Å². The zero-order valence-electron chi connectivity index (χ0n) is 24.8. The number of aliphatic hydroxyl groups is 1. The summed E-state index contributed by atoms with van der Waals surface area (Å²) in [5.41, 5.74) is 3.68. The number of hydrogen-bond donors (Lipinski definition) is 1. The van der Waals surface area contributed by atoms with E-state index in [1.165, 1.54) is 9.13 Å². The van der Waals surface area contributed by atoms with Crippen molar-refractivity contribution in [3.63, 3.8) is 0 Å². The summed E-state index contributed by atoms with van der Waals surface area (Å²) in [6.45, 7) is 11.0. The summed E-state index contributed by atoms with van der Waals surface area (Å²) in [6.07, 6.45) is 0.246. The molecule has 0 aliphatic heterocycles. The van der Waals surface area contributed by atoms with Crippen molar-refractivity contribution < 1.29 is 24.2 Å². The summed E-state index contributed by atoms with van der Waals surface area (Å²) in [5.74, 6) is 0.702. The Hall–Kier alpha value is -4.50. The van der Waals surface area contributed by atoms with Crippen molar-refractivity contribution in [2.24, 2.45) is 0 Å². The third-order valence-electron chi connectivity index (χ3n) is 7.70. The van der Waals surface area contributed by atoms with Gasteiger partial charge in [-0.15, -0.1) is 0 Å². The molecule has 0 saturated heterocycles. The minimum atomic E-state index is -0.664. The minimum Gasteiger partial charge on any atom is -0.443 e.